The van der Waals surface area contributed by atoms with Gasteiger partial charge in [-0.05, 0) is 24.1 Å². The highest BCUT2D eigenvalue weighted by atomic mass is 35.5. The Balaban J connectivity index is 3.08. The summed E-state index contributed by atoms with van der Waals surface area (Å²) in [5.41, 5.74) is 6.74. The molecule has 14 heavy (non-hydrogen) atoms. The van der Waals surface area contributed by atoms with Gasteiger partial charge in [0.15, 0.2) is 0 Å². The summed E-state index contributed by atoms with van der Waals surface area (Å²) in [6.07, 6.45) is 1.00. The zero-order chi connectivity index (χ0) is 10.7. The molecule has 0 atom stereocenters. The Kier molecular flexibility index (Phi) is 3.36. The number of amidine groups is 1. The quantitative estimate of drug-likeness (QED) is 0.530. The van der Waals surface area contributed by atoms with Crippen molar-refractivity contribution in [1.29, 1.82) is 5.41 Å². The summed E-state index contributed by atoms with van der Waals surface area (Å²) < 4.78 is 0. The molecule has 0 saturated carbocycles. The van der Waals surface area contributed by atoms with E-state index in [1.54, 1.807) is 12.1 Å². The van der Waals surface area contributed by atoms with E-state index in [1.165, 1.54) is 0 Å². The number of nitrogens with one attached hydrogen (secondary N) is 1. The second-order valence-electron chi connectivity index (χ2n) is 3.13. The van der Waals surface area contributed by atoms with Gasteiger partial charge in [-0.2, -0.15) is 0 Å². The van der Waals surface area contributed by atoms with Crippen molar-refractivity contribution in [2.24, 2.45) is 5.73 Å². The van der Waals surface area contributed by atoms with Gasteiger partial charge in [0.1, 0.15) is 5.75 Å². The second kappa shape index (κ2) is 4.33. The van der Waals surface area contributed by atoms with Crippen LogP contribution in [0.5, 0.6) is 5.75 Å². The first-order chi connectivity index (χ1) is 6.54. The van der Waals surface area contributed by atoms with Gasteiger partial charge in [0.05, 0.1) is 5.84 Å². The molecule has 1 aromatic rings. The van der Waals surface area contributed by atoms with Crippen LogP contribution in [0.2, 0.25) is 5.02 Å². The average molecular weight is 213 g/mol. The van der Waals surface area contributed by atoms with E-state index in [2.05, 4.69) is 0 Å². The van der Waals surface area contributed by atoms with Crippen molar-refractivity contribution in [2.45, 2.75) is 19.8 Å². The Morgan fingerprint density at radius 2 is 2.14 bits per heavy atom. The molecule has 76 valence electrons. The van der Waals surface area contributed by atoms with Gasteiger partial charge in [0.25, 0.3) is 0 Å². The molecule has 0 fully saturated rings. The van der Waals surface area contributed by atoms with Gasteiger partial charge in [-0.1, -0.05) is 18.5 Å². The minimum atomic E-state index is 0.0145. The van der Waals surface area contributed by atoms with Crippen molar-refractivity contribution in [3.63, 3.8) is 0 Å². The van der Waals surface area contributed by atoms with E-state index >= 15 is 0 Å². The highest BCUT2D eigenvalue weighted by Crippen LogP contribution is 2.26. The molecule has 1 aromatic carbocycles. The molecular weight excluding hydrogens is 200 g/mol. The number of hydrogen-bond donors (Lipinski definition) is 3. The molecule has 0 radical (unpaired) electrons. The third kappa shape index (κ3) is 2.39. The zero-order valence-electron chi connectivity index (χ0n) is 7.97. The van der Waals surface area contributed by atoms with E-state index in [1.807, 2.05) is 6.92 Å². The highest BCUT2D eigenvalue weighted by molar-refractivity contribution is 6.31. The first kappa shape index (κ1) is 10.9. The molecule has 0 bridgehead atoms. The van der Waals surface area contributed by atoms with Crippen molar-refractivity contribution < 1.29 is 5.11 Å². The summed E-state index contributed by atoms with van der Waals surface area (Å²) in [7, 11) is 0. The van der Waals surface area contributed by atoms with E-state index < -0.39 is 0 Å². The number of phenolic OH excluding ortho intramolecular Hbond substituents is 1. The van der Waals surface area contributed by atoms with E-state index in [9.17, 15) is 5.11 Å². The molecule has 0 aliphatic heterocycles. The van der Waals surface area contributed by atoms with Crippen LogP contribution in [0.4, 0.5) is 0 Å². The molecule has 1 rings (SSSR count). The van der Waals surface area contributed by atoms with Crippen LogP contribution in [0.25, 0.3) is 0 Å². The maximum Gasteiger partial charge on any atom is 0.119 e. The van der Waals surface area contributed by atoms with E-state index in [4.69, 9.17) is 22.7 Å². The predicted octanol–water partition coefficient (Wildman–Crippen LogP) is 2.09. The monoisotopic (exact) mass is 212 g/mol. The van der Waals surface area contributed by atoms with Gasteiger partial charge in [-0.15, -0.1) is 0 Å². The number of nitrogens with two attached hydrogens (primary N) is 1. The fraction of sp³-hybridized carbons (Fsp3) is 0.300. The molecule has 4 N–H and O–H groups in total. The molecule has 0 aromatic heterocycles. The number of halogens is 1. The summed E-state index contributed by atoms with van der Waals surface area (Å²) in [5, 5.41) is 17.3. The van der Waals surface area contributed by atoms with Crippen molar-refractivity contribution in [3.8, 4) is 5.75 Å². The highest BCUT2D eigenvalue weighted by Gasteiger charge is 2.07. The minimum absolute atomic E-state index is 0.0145. The third-order valence-corrected chi connectivity index (χ3v) is 2.36. The van der Waals surface area contributed by atoms with Crippen molar-refractivity contribution in [1.82, 2.24) is 0 Å². The van der Waals surface area contributed by atoms with Crippen LogP contribution < -0.4 is 5.73 Å². The smallest absolute Gasteiger partial charge is 0.119 e. The lowest BCUT2D eigenvalue weighted by Crippen LogP contribution is -2.12. The minimum Gasteiger partial charge on any atom is -0.508 e. The van der Waals surface area contributed by atoms with Crippen LogP contribution in [0.3, 0.4) is 0 Å². The lowest BCUT2D eigenvalue weighted by atomic mass is 10.1. The number of benzene rings is 1. The standard InChI is InChI=1S/C10H13ClN2O/c1-2-6-4-9(14)7(3-8(6)11)5-10(12)13/h3-4,14H,2,5H2,1H3,(H3,12,13). The third-order valence-electron chi connectivity index (χ3n) is 2.01. The fourth-order valence-corrected chi connectivity index (χ4v) is 1.58. The molecule has 0 unspecified atom stereocenters. The molecule has 0 spiro atoms. The SMILES string of the molecule is CCc1cc(O)c(CC(=N)N)cc1Cl. The fourth-order valence-electron chi connectivity index (χ4n) is 1.26. The number of phenols is 1. The Hall–Kier alpha value is -1.22. The Bertz CT molecular complexity index is 363. The summed E-state index contributed by atoms with van der Waals surface area (Å²) >= 11 is 5.96. The van der Waals surface area contributed by atoms with Gasteiger partial charge < -0.3 is 10.8 Å². The largest absolute Gasteiger partial charge is 0.508 e. The van der Waals surface area contributed by atoms with Crippen LogP contribution in [0, 0.1) is 5.41 Å². The lowest BCUT2D eigenvalue weighted by Gasteiger charge is -2.07. The zero-order valence-corrected chi connectivity index (χ0v) is 8.73. The van der Waals surface area contributed by atoms with Gasteiger partial charge in [0, 0.05) is 17.0 Å². The van der Waals surface area contributed by atoms with E-state index in [-0.39, 0.29) is 18.0 Å². The summed E-state index contributed by atoms with van der Waals surface area (Å²) in [6, 6.07) is 3.29. The summed E-state index contributed by atoms with van der Waals surface area (Å²) in [4.78, 5) is 0. The number of hydrogen-bond acceptors (Lipinski definition) is 2. The van der Waals surface area contributed by atoms with Crippen LogP contribution in [-0.4, -0.2) is 10.9 Å². The molecule has 0 aliphatic carbocycles. The lowest BCUT2D eigenvalue weighted by molar-refractivity contribution is 0.469. The van der Waals surface area contributed by atoms with E-state index in [0.29, 0.717) is 10.6 Å². The molecule has 0 saturated heterocycles. The van der Waals surface area contributed by atoms with Crippen molar-refractivity contribution in [3.05, 3.63) is 28.3 Å². The topological polar surface area (TPSA) is 70.1 Å². The molecule has 0 heterocycles. The average Bonchev–Trinajstić information content (AvgIpc) is 2.10. The van der Waals surface area contributed by atoms with Crippen molar-refractivity contribution in [2.75, 3.05) is 0 Å². The maximum absolute atomic E-state index is 9.58. The van der Waals surface area contributed by atoms with Gasteiger partial charge in [0.2, 0.25) is 0 Å². The summed E-state index contributed by atoms with van der Waals surface area (Å²) in [5.74, 6) is 0.169. The van der Waals surface area contributed by atoms with Crippen LogP contribution in [0.15, 0.2) is 12.1 Å². The Labute approximate surface area is 88.0 Å². The maximum atomic E-state index is 9.58. The number of rotatable bonds is 3. The number of aryl methyl sites for hydroxylation is 1. The van der Waals surface area contributed by atoms with Gasteiger partial charge >= 0.3 is 0 Å². The summed E-state index contributed by atoms with van der Waals surface area (Å²) in [6.45, 7) is 1.96. The molecule has 4 heteroatoms. The van der Waals surface area contributed by atoms with Gasteiger partial charge in [-0.25, -0.2) is 0 Å². The molecular formula is C10H13ClN2O. The van der Waals surface area contributed by atoms with E-state index in [0.717, 1.165) is 12.0 Å². The number of aromatic hydroxyl groups is 1. The normalized spacial score (nSPS) is 10.1. The second-order valence-corrected chi connectivity index (χ2v) is 3.54. The predicted molar refractivity (Wildman–Crippen MR) is 58.1 cm³/mol. The first-order valence-corrected chi connectivity index (χ1v) is 4.75. The van der Waals surface area contributed by atoms with Crippen LogP contribution in [0.1, 0.15) is 18.1 Å². The van der Waals surface area contributed by atoms with Gasteiger partial charge in [-0.3, -0.25) is 5.41 Å². The molecule has 3 nitrogen and oxygen atoms in total. The molecule has 0 amide bonds. The van der Waals surface area contributed by atoms with Crippen molar-refractivity contribution >= 4 is 17.4 Å². The Morgan fingerprint density at radius 3 is 2.64 bits per heavy atom. The van der Waals surface area contributed by atoms with Crippen LogP contribution >= 0.6 is 11.6 Å². The first-order valence-electron chi connectivity index (χ1n) is 4.37. The Morgan fingerprint density at radius 1 is 1.50 bits per heavy atom. The molecule has 0 aliphatic rings. The van der Waals surface area contributed by atoms with Crippen LogP contribution in [-0.2, 0) is 12.8 Å².